The van der Waals surface area contributed by atoms with Crippen LogP contribution in [0.3, 0.4) is 0 Å². The molecule has 2 rings (SSSR count). The van der Waals surface area contributed by atoms with E-state index >= 15 is 0 Å². The van der Waals surface area contributed by atoms with Gasteiger partial charge in [-0.15, -0.1) is 0 Å². The highest BCUT2D eigenvalue weighted by atomic mass is 16.5. The third-order valence-electron chi connectivity index (χ3n) is 3.45. The van der Waals surface area contributed by atoms with Crippen LogP contribution in [0.2, 0.25) is 0 Å². The van der Waals surface area contributed by atoms with Crippen molar-refractivity contribution in [2.24, 2.45) is 0 Å². The summed E-state index contributed by atoms with van der Waals surface area (Å²) in [5, 5.41) is 3.44. The van der Waals surface area contributed by atoms with Gasteiger partial charge in [-0.2, -0.15) is 0 Å². The second-order valence-corrected chi connectivity index (χ2v) is 5.12. The van der Waals surface area contributed by atoms with Crippen LogP contribution >= 0.6 is 0 Å². The number of pyridine rings is 1. The van der Waals surface area contributed by atoms with Gasteiger partial charge in [0.25, 0.3) is 0 Å². The van der Waals surface area contributed by atoms with Gasteiger partial charge in [0, 0.05) is 37.5 Å². The number of ether oxygens (including phenoxy) is 2. The van der Waals surface area contributed by atoms with Gasteiger partial charge >= 0.3 is 0 Å². The first-order valence-electron chi connectivity index (χ1n) is 7.30. The van der Waals surface area contributed by atoms with E-state index in [4.69, 9.17) is 9.47 Å². The maximum Gasteiger partial charge on any atom is 0.122 e. The van der Waals surface area contributed by atoms with E-state index in [0.29, 0.717) is 0 Å². The molecule has 1 aliphatic heterocycles. The lowest BCUT2D eigenvalue weighted by Gasteiger charge is -2.26. The Hall–Kier alpha value is -1.17. The van der Waals surface area contributed by atoms with Crippen molar-refractivity contribution >= 4 is 0 Å². The van der Waals surface area contributed by atoms with E-state index in [1.54, 1.807) is 7.11 Å². The molecule has 20 heavy (non-hydrogen) atoms. The van der Waals surface area contributed by atoms with Crippen LogP contribution in [0, 0.1) is 6.92 Å². The number of aryl methyl sites for hydroxylation is 1. The molecule has 1 fully saturated rings. The standard InChI is InChI=1S/C15H25N3O2/c1-13-10-15(19-2)11-14(17-13)12-16-4-3-5-18-6-8-20-9-7-18/h10-11,16H,3-9,12H2,1-2H3. The summed E-state index contributed by atoms with van der Waals surface area (Å²) in [7, 11) is 1.69. The molecule has 0 atom stereocenters. The molecule has 0 spiro atoms. The maximum absolute atomic E-state index is 5.34. The van der Waals surface area contributed by atoms with Crippen LogP contribution in [0.15, 0.2) is 12.1 Å². The fourth-order valence-electron chi connectivity index (χ4n) is 2.38. The highest BCUT2D eigenvalue weighted by Gasteiger charge is 2.09. The fraction of sp³-hybridized carbons (Fsp3) is 0.667. The van der Waals surface area contributed by atoms with Crippen LogP contribution in [0.1, 0.15) is 17.8 Å². The lowest BCUT2D eigenvalue weighted by molar-refractivity contribution is 0.0374. The van der Waals surface area contributed by atoms with E-state index in [1.807, 2.05) is 19.1 Å². The summed E-state index contributed by atoms with van der Waals surface area (Å²) in [5.41, 5.74) is 2.03. The molecule has 0 unspecified atom stereocenters. The van der Waals surface area contributed by atoms with E-state index < -0.39 is 0 Å². The van der Waals surface area contributed by atoms with E-state index in [2.05, 4.69) is 15.2 Å². The summed E-state index contributed by atoms with van der Waals surface area (Å²) in [4.78, 5) is 6.96. The Morgan fingerprint density at radius 2 is 2.15 bits per heavy atom. The second-order valence-electron chi connectivity index (χ2n) is 5.12. The summed E-state index contributed by atoms with van der Waals surface area (Å²) in [6.45, 7) is 8.82. The highest BCUT2D eigenvalue weighted by Crippen LogP contribution is 2.12. The van der Waals surface area contributed by atoms with Crippen molar-refractivity contribution in [3.8, 4) is 5.75 Å². The molecule has 5 heteroatoms. The smallest absolute Gasteiger partial charge is 0.122 e. The molecule has 0 saturated carbocycles. The number of aromatic nitrogens is 1. The Balaban J connectivity index is 1.64. The maximum atomic E-state index is 5.34. The SMILES string of the molecule is COc1cc(C)nc(CNCCCN2CCOCC2)c1. The lowest BCUT2D eigenvalue weighted by atomic mass is 10.3. The molecule has 1 N–H and O–H groups in total. The number of hydrogen-bond donors (Lipinski definition) is 1. The summed E-state index contributed by atoms with van der Waals surface area (Å²) in [5.74, 6) is 0.877. The summed E-state index contributed by atoms with van der Waals surface area (Å²) < 4.78 is 10.6. The van der Waals surface area contributed by atoms with Crippen LogP contribution in [0.25, 0.3) is 0 Å². The Labute approximate surface area is 121 Å². The molecular weight excluding hydrogens is 254 g/mol. The molecule has 0 aliphatic carbocycles. The first kappa shape index (κ1) is 15.2. The lowest BCUT2D eigenvalue weighted by Crippen LogP contribution is -2.37. The van der Waals surface area contributed by atoms with Gasteiger partial charge in [0.15, 0.2) is 0 Å². The minimum atomic E-state index is 0.793. The zero-order chi connectivity index (χ0) is 14.2. The van der Waals surface area contributed by atoms with Crippen molar-refractivity contribution in [1.82, 2.24) is 15.2 Å². The van der Waals surface area contributed by atoms with Gasteiger partial charge in [0.2, 0.25) is 0 Å². The van der Waals surface area contributed by atoms with Crippen molar-refractivity contribution in [2.45, 2.75) is 19.9 Å². The number of hydrogen-bond acceptors (Lipinski definition) is 5. The average Bonchev–Trinajstić information content (AvgIpc) is 2.47. The van der Waals surface area contributed by atoms with Crippen molar-refractivity contribution < 1.29 is 9.47 Å². The molecule has 1 saturated heterocycles. The predicted octanol–water partition coefficient (Wildman–Crippen LogP) is 1.21. The van der Waals surface area contributed by atoms with Crippen LogP contribution in [0.5, 0.6) is 5.75 Å². The predicted molar refractivity (Wildman–Crippen MR) is 79.1 cm³/mol. The van der Waals surface area contributed by atoms with E-state index in [0.717, 1.165) is 69.5 Å². The summed E-state index contributed by atoms with van der Waals surface area (Å²) >= 11 is 0. The van der Waals surface area contributed by atoms with Crippen molar-refractivity contribution in [3.05, 3.63) is 23.5 Å². The van der Waals surface area contributed by atoms with Gasteiger partial charge in [0.05, 0.1) is 26.0 Å². The molecule has 112 valence electrons. The van der Waals surface area contributed by atoms with Gasteiger partial charge in [-0.25, -0.2) is 0 Å². The van der Waals surface area contributed by atoms with Gasteiger partial charge < -0.3 is 14.8 Å². The topological polar surface area (TPSA) is 46.6 Å². The molecule has 1 aromatic heterocycles. The van der Waals surface area contributed by atoms with E-state index in [-0.39, 0.29) is 0 Å². The van der Waals surface area contributed by atoms with Crippen molar-refractivity contribution in [1.29, 1.82) is 0 Å². The van der Waals surface area contributed by atoms with Gasteiger partial charge in [-0.05, 0) is 26.4 Å². The van der Waals surface area contributed by atoms with Crippen LogP contribution in [-0.4, -0.2) is 56.4 Å². The molecule has 1 aromatic rings. The zero-order valence-corrected chi connectivity index (χ0v) is 12.5. The van der Waals surface area contributed by atoms with Crippen LogP contribution < -0.4 is 10.1 Å². The number of methoxy groups -OCH3 is 1. The molecule has 0 aromatic carbocycles. The Kier molecular flexibility index (Phi) is 6.24. The average molecular weight is 279 g/mol. The summed E-state index contributed by atoms with van der Waals surface area (Å²) in [6, 6.07) is 3.93. The first-order valence-corrected chi connectivity index (χ1v) is 7.30. The zero-order valence-electron chi connectivity index (χ0n) is 12.5. The number of nitrogens with one attached hydrogen (secondary N) is 1. The summed E-state index contributed by atoms with van der Waals surface area (Å²) in [6.07, 6.45) is 1.16. The van der Waals surface area contributed by atoms with Gasteiger partial charge in [-0.1, -0.05) is 0 Å². The number of morpholine rings is 1. The van der Waals surface area contributed by atoms with Crippen molar-refractivity contribution in [2.75, 3.05) is 46.5 Å². The molecule has 5 nitrogen and oxygen atoms in total. The van der Waals surface area contributed by atoms with Gasteiger partial charge in [0.1, 0.15) is 5.75 Å². The quantitative estimate of drug-likeness (QED) is 0.760. The van der Waals surface area contributed by atoms with Gasteiger partial charge in [-0.3, -0.25) is 9.88 Å². The Morgan fingerprint density at radius 3 is 2.90 bits per heavy atom. The minimum Gasteiger partial charge on any atom is -0.497 e. The largest absolute Gasteiger partial charge is 0.497 e. The third-order valence-corrected chi connectivity index (χ3v) is 3.45. The molecule has 0 bridgehead atoms. The first-order chi connectivity index (χ1) is 9.78. The minimum absolute atomic E-state index is 0.793. The molecular formula is C15H25N3O2. The van der Waals surface area contributed by atoms with E-state index in [1.165, 1.54) is 0 Å². The molecule has 1 aliphatic rings. The fourth-order valence-corrected chi connectivity index (χ4v) is 2.38. The van der Waals surface area contributed by atoms with Crippen molar-refractivity contribution in [3.63, 3.8) is 0 Å². The number of nitrogens with zero attached hydrogens (tertiary/aromatic N) is 2. The molecule has 0 amide bonds. The second kappa shape index (κ2) is 8.19. The monoisotopic (exact) mass is 279 g/mol. The Bertz CT molecular complexity index is 406. The molecule has 2 heterocycles. The third kappa shape index (κ3) is 5.07. The number of rotatable bonds is 7. The van der Waals surface area contributed by atoms with Crippen LogP contribution in [0.4, 0.5) is 0 Å². The highest BCUT2D eigenvalue weighted by molar-refractivity contribution is 5.26. The van der Waals surface area contributed by atoms with Crippen LogP contribution in [-0.2, 0) is 11.3 Å². The normalized spacial score (nSPS) is 16.3. The molecule has 0 radical (unpaired) electrons. The Morgan fingerprint density at radius 1 is 1.35 bits per heavy atom. The van der Waals surface area contributed by atoms with E-state index in [9.17, 15) is 0 Å².